The second kappa shape index (κ2) is 5.35. The van der Waals surface area contributed by atoms with Gasteiger partial charge in [-0.25, -0.2) is 4.98 Å². The largest absolute Gasteiger partial charge is 0.505 e. The molecule has 1 aromatic heterocycles. The van der Waals surface area contributed by atoms with E-state index in [1.807, 2.05) is 6.92 Å². The van der Waals surface area contributed by atoms with E-state index in [0.717, 1.165) is 12.8 Å². The lowest BCUT2D eigenvalue weighted by Gasteiger charge is -2.37. The monoisotopic (exact) mass is 249 g/mol. The molecule has 0 aliphatic carbocycles. The molecule has 2 unspecified atom stereocenters. The molecular formula is C13H19N3O2. The first-order valence-corrected chi connectivity index (χ1v) is 6.28. The van der Waals surface area contributed by atoms with Gasteiger partial charge in [-0.15, -0.1) is 0 Å². The molecule has 5 heteroatoms. The lowest BCUT2D eigenvalue weighted by molar-refractivity contribution is 0.0557. The third kappa shape index (κ3) is 2.46. The predicted octanol–water partition coefficient (Wildman–Crippen LogP) is 0.987. The van der Waals surface area contributed by atoms with Crippen LogP contribution >= 0.6 is 0 Å². The lowest BCUT2D eigenvalue weighted by Crippen LogP contribution is -2.47. The van der Waals surface area contributed by atoms with Crippen LogP contribution in [-0.2, 0) is 0 Å². The van der Waals surface area contributed by atoms with E-state index in [2.05, 4.69) is 4.98 Å². The number of carbonyl (C=O) groups excluding carboxylic acids is 1. The van der Waals surface area contributed by atoms with Crippen LogP contribution in [0.5, 0.6) is 5.75 Å². The number of aromatic nitrogens is 1. The van der Waals surface area contributed by atoms with Crippen molar-refractivity contribution in [2.75, 3.05) is 13.1 Å². The number of rotatable bonds is 2. The van der Waals surface area contributed by atoms with Crippen LogP contribution in [0.4, 0.5) is 0 Å². The van der Waals surface area contributed by atoms with Crippen molar-refractivity contribution in [3.05, 3.63) is 24.0 Å². The molecule has 2 atom stereocenters. The molecule has 2 rings (SSSR count). The number of amides is 1. The summed E-state index contributed by atoms with van der Waals surface area (Å²) in [7, 11) is 0. The summed E-state index contributed by atoms with van der Waals surface area (Å²) in [4.78, 5) is 18.1. The standard InChI is InChI=1S/C13H19N3O2/c1-9-4-5-10(7-14)8-16(9)13(18)12-11(17)3-2-6-15-12/h2-3,6,9-10,17H,4-5,7-8,14H2,1H3. The van der Waals surface area contributed by atoms with Crippen LogP contribution in [0.1, 0.15) is 30.3 Å². The van der Waals surface area contributed by atoms with Gasteiger partial charge in [-0.1, -0.05) is 0 Å². The number of nitrogens with two attached hydrogens (primary N) is 1. The molecule has 0 radical (unpaired) electrons. The Morgan fingerprint density at radius 1 is 1.61 bits per heavy atom. The number of hydrogen-bond acceptors (Lipinski definition) is 4. The minimum Gasteiger partial charge on any atom is -0.505 e. The van der Waals surface area contributed by atoms with Crippen LogP contribution in [0, 0.1) is 5.92 Å². The quantitative estimate of drug-likeness (QED) is 0.819. The zero-order chi connectivity index (χ0) is 13.1. The summed E-state index contributed by atoms with van der Waals surface area (Å²) in [6.07, 6.45) is 3.51. The summed E-state index contributed by atoms with van der Waals surface area (Å²) in [6.45, 7) is 3.25. The average Bonchev–Trinajstić information content (AvgIpc) is 2.39. The highest BCUT2D eigenvalue weighted by Crippen LogP contribution is 2.24. The van der Waals surface area contributed by atoms with Crippen molar-refractivity contribution in [3.63, 3.8) is 0 Å². The Morgan fingerprint density at radius 3 is 3.06 bits per heavy atom. The molecule has 0 bridgehead atoms. The van der Waals surface area contributed by atoms with Crippen molar-refractivity contribution in [1.82, 2.24) is 9.88 Å². The van der Waals surface area contributed by atoms with Crippen molar-refractivity contribution in [2.24, 2.45) is 11.7 Å². The summed E-state index contributed by atoms with van der Waals surface area (Å²) in [5.41, 5.74) is 5.80. The van der Waals surface area contributed by atoms with Crippen LogP contribution in [0.3, 0.4) is 0 Å². The summed E-state index contributed by atoms with van der Waals surface area (Å²) in [5, 5.41) is 9.69. The number of likely N-dealkylation sites (tertiary alicyclic amines) is 1. The van der Waals surface area contributed by atoms with Gasteiger partial charge in [0, 0.05) is 18.8 Å². The highest BCUT2D eigenvalue weighted by molar-refractivity contribution is 5.95. The maximum atomic E-state index is 12.4. The molecule has 1 amide bonds. The maximum Gasteiger partial charge on any atom is 0.276 e. The molecule has 3 N–H and O–H groups in total. The van der Waals surface area contributed by atoms with Crippen molar-refractivity contribution in [3.8, 4) is 5.75 Å². The Hall–Kier alpha value is -1.62. The zero-order valence-corrected chi connectivity index (χ0v) is 10.5. The number of nitrogens with zero attached hydrogens (tertiary/aromatic N) is 2. The maximum absolute atomic E-state index is 12.4. The third-order valence-electron chi connectivity index (χ3n) is 3.56. The van der Waals surface area contributed by atoms with E-state index in [4.69, 9.17) is 5.73 Å². The van der Waals surface area contributed by atoms with Crippen LogP contribution in [0.15, 0.2) is 18.3 Å². The Kier molecular flexibility index (Phi) is 3.81. The van der Waals surface area contributed by atoms with Gasteiger partial charge in [0.1, 0.15) is 5.75 Å². The topological polar surface area (TPSA) is 79.5 Å². The van der Waals surface area contributed by atoms with Gasteiger partial charge in [0.05, 0.1) is 0 Å². The Labute approximate surface area is 107 Å². The fourth-order valence-corrected chi connectivity index (χ4v) is 2.36. The number of hydrogen-bond donors (Lipinski definition) is 2. The normalized spacial score (nSPS) is 24.0. The number of carbonyl (C=O) groups is 1. The molecule has 1 fully saturated rings. The van der Waals surface area contributed by atoms with Crippen LogP contribution in [0.2, 0.25) is 0 Å². The molecule has 1 saturated heterocycles. The molecule has 0 spiro atoms. The smallest absolute Gasteiger partial charge is 0.276 e. The number of aromatic hydroxyl groups is 1. The van der Waals surface area contributed by atoms with E-state index in [1.54, 1.807) is 11.0 Å². The zero-order valence-electron chi connectivity index (χ0n) is 10.5. The van der Waals surface area contributed by atoms with Gasteiger partial charge in [-0.3, -0.25) is 4.79 Å². The first kappa shape index (κ1) is 12.8. The van der Waals surface area contributed by atoms with Gasteiger partial charge in [0.15, 0.2) is 5.69 Å². The number of pyridine rings is 1. The molecule has 1 aromatic rings. The molecule has 18 heavy (non-hydrogen) atoms. The van der Waals surface area contributed by atoms with E-state index >= 15 is 0 Å². The summed E-state index contributed by atoms with van der Waals surface area (Å²) < 4.78 is 0. The Bertz CT molecular complexity index is 436. The highest BCUT2D eigenvalue weighted by Gasteiger charge is 2.30. The predicted molar refractivity (Wildman–Crippen MR) is 68.2 cm³/mol. The minimum absolute atomic E-state index is 0.0652. The molecule has 1 aliphatic heterocycles. The van der Waals surface area contributed by atoms with E-state index in [1.165, 1.54) is 12.3 Å². The molecular weight excluding hydrogens is 230 g/mol. The highest BCUT2D eigenvalue weighted by atomic mass is 16.3. The van der Waals surface area contributed by atoms with Gasteiger partial charge >= 0.3 is 0 Å². The minimum atomic E-state index is -0.209. The van der Waals surface area contributed by atoms with E-state index in [9.17, 15) is 9.90 Å². The number of piperidine rings is 1. The molecule has 98 valence electrons. The van der Waals surface area contributed by atoms with Gasteiger partial charge < -0.3 is 15.7 Å². The second-order valence-corrected chi connectivity index (χ2v) is 4.86. The fraction of sp³-hybridized carbons (Fsp3) is 0.538. The van der Waals surface area contributed by atoms with Crippen molar-refractivity contribution < 1.29 is 9.90 Å². The second-order valence-electron chi connectivity index (χ2n) is 4.86. The Morgan fingerprint density at radius 2 is 2.39 bits per heavy atom. The van der Waals surface area contributed by atoms with E-state index < -0.39 is 0 Å². The Balaban J connectivity index is 2.19. The summed E-state index contributed by atoms with van der Waals surface area (Å²) in [5.74, 6) is 0.0688. The van der Waals surface area contributed by atoms with Crippen molar-refractivity contribution in [2.45, 2.75) is 25.8 Å². The van der Waals surface area contributed by atoms with Gasteiger partial charge in [0.25, 0.3) is 5.91 Å². The third-order valence-corrected chi connectivity index (χ3v) is 3.56. The van der Waals surface area contributed by atoms with Gasteiger partial charge in [0.2, 0.25) is 0 Å². The molecule has 5 nitrogen and oxygen atoms in total. The average molecular weight is 249 g/mol. The van der Waals surface area contributed by atoms with E-state index in [0.29, 0.717) is 19.0 Å². The van der Waals surface area contributed by atoms with Crippen LogP contribution < -0.4 is 5.73 Å². The fourth-order valence-electron chi connectivity index (χ4n) is 2.36. The SMILES string of the molecule is CC1CCC(CN)CN1C(=O)c1ncccc1O. The summed E-state index contributed by atoms with van der Waals surface area (Å²) in [6, 6.07) is 3.26. The van der Waals surface area contributed by atoms with Crippen molar-refractivity contribution in [1.29, 1.82) is 0 Å². The molecule has 0 saturated carbocycles. The summed E-state index contributed by atoms with van der Waals surface area (Å²) >= 11 is 0. The molecule has 0 aromatic carbocycles. The lowest BCUT2D eigenvalue weighted by atomic mass is 9.93. The van der Waals surface area contributed by atoms with Crippen LogP contribution in [-0.4, -0.2) is 40.0 Å². The first-order chi connectivity index (χ1) is 8.63. The molecule has 1 aliphatic rings. The van der Waals surface area contributed by atoms with Crippen LogP contribution in [0.25, 0.3) is 0 Å². The van der Waals surface area contributed by atoms with Crippen molar-refractivity contribution >= 4 is 5.91 Å². The van der Waals surface area contributed by atoms with E-state index in [-0.39, 0.29) is 23.4 Å². The molecule has 2 heterocycles. The van der Waals surface area contributed by atoms with Gasteiger partial charge in [-0.2, -0.15) is 0 Å². The van der Waals surface area contributed by atoms with Gasteiger partial charge in [-0.05, 0) is 44.4 Å². The first-order valence-electron chi connectivity index (χ1n) is 6.28.